The van der Waals surface area contributed by atoms with Crippen molar-refractivity contribution in [1.82, 2.24) is 15.1 Å². The van der Waals surface area contributed by atoms with Crippen LogP contribution in [0.3, 0.4) is 0 Å². The van der Waals surface area contributed by atoms with Crippen molar-refractivity contribution in [1.29, 1.82) is 0 Å². The summed E-state index contributed by atoms with van der Waals surface area (Å²) in [6.45, 7) is 3.75. The van der Waals surface area contributed by atoms with Crippen LogP contribution in [0.4, 0.5) is 0 Å². The Morgan fingerprint density at radius 3 is 2.88 bits per heavy atom. The zero-order chi connectivity index (χ0) is 12.3. The predicted molar refractivity (Wildman–Crippen MR) is 67.6 cm³/mol. The smallest absolute Gasteiger partial charge is 0.0597 e. The molecule has 96 valence electrons. The van der Waals surface area contributed by atoms with E-state index in [-0.39, 0.29) is 6.10 Å². The van der Waals surface area contributed by atoms with Crippen molar-refractivity contribution in [3.63, 3.8) is 0 Å². The molecule has 0 saturated heterocycles. The number of hydrogen-bond acceptors (Lipinski definition) is 3. The van der Waals surface area contributed by atoms with Crippen LogP contribution in [0.2, 0.25) is 0 Å². The van der Waals surface area contributed by atoms with E-state index in [9.17, 15) is 5.11 Å². The molecule has 1 aromatic heterocycles. The quantitative estimate of drug-likeness (QED) is 0.831. The minimum atomic E-state index is -0.107. The van der Waals surface area contributed by atoms with Gasteiger partial charge in [-0.15, -0.1) is 0 Å². The molecule has 0 spiro atoms. The Morgan fingerprint density at radius 1 is 1.47 bits per heavy atom. The lowest BCUT2D eigenvalue weighted by Crippen LogP contribution is -2.33. The third-order valence-electron chi connectivity index (χ3n) is 3.68. The first-order valence-corrected chi connectivity index (χ1v) is 6.55. The summed E-state index contributed by atoms with van der Waals surface area (Å²) in [6.07, 6.45) is 4.45. The van der Waals surface area contributed by atoms with Gasteiger partial charge in [-0.3, -0.25) is 4.68 Å². The maximum Gasteiger partial charge on any atom is 0.0597 e. The molecule has 1 aromatic rings. The van der Waals surface area contributed by atoms with Gasteiger partial charge in [0, 0.05) is 20.1 Å². The van der Waals surface area contributed by atoms with Crippen molar-refractivity contribution in [3.8, 4) is 0 Å². The Bertz CT molecular complexity index is 362. The van der Waals surface area contributed by atoms with Gasteiger partial charge in [0.25, 0.3) is 0 Å². The van der Waals surface area contributed by atoms with Gasteiger partial charge in [-0.2, -0.15) is 5.10 Å². The van der Waals surface area contributed by atoms with E-state index in [4.69, 9.17) is 0 Å². The largest absolute Gasteiger partial charge is 0.393 e. The number of hydrogen-bond donors (Lipinski definition) is 2. The molecule has 0 amide bonds. The average Bonchev–Trinajstić information content (AvgIpc) is 2.60. The first-order valence-electron chi connectivity index (χ1n) is 6.55. The fraction of sp³-hybridized carbons (Fsp3) is 0.769. The summed E-state index contributed by atoms with van der Waals surface area (Å²) in [5.41, 5.74) is 2.26. The number of nitrogens with one attached hydrogen (secondary N) is 1. The standard InChI is InChI=1S/C13H23N3O/c1-10-7-12(16(2)15-10)9-14-8-11-5-3-4-6-13(11)17/h7,11,13-14,17H,3-6,8-9H2,1-2H3. The summed E-state index contributed by atoms with van der Waals surface area (Å²) in [5, 5.41) is 17.6. The maximum atomic E-state index is 9.87. The summed E-state index contributed by atoms with van der Waals surface area (Å²) < 4.78 is 1.92. The van der Waals surface area contributed by atoms with Gasteiger partial charge in [-0.1, -0.05) is 12.8 Å². The Kier molecular flexibility index (Phi) is 4.18. The lowest BCUT2D eigenvalue weighted by atomic mass is 9.86. The van der Waals surface area contributed by atoms with Gasteiger partial charge in [-0.05, 0) is 31.7 Å². The minimum Gasteiger partial charge on any atom is -0.393 e. The molecule has 2 rings (SSSR count). The second-order valence-corrected chi connectivity index (χ2v) is 5.14. The molecule has 1 saturated carbocycles. The van der Waals surface area contributed by atoms with Crippen LogP contribution in [-0.2, 0) is 13.6 Å². The predicted octanol–water partition coefficient (Wildman–Crippen LogP) is 1.37. The molecular formula is C13H23N3O. The Morgan fingerprint density at radius 2 is 2.24 bits per heavy atom. The van der Waals surface area contributed by atoms with Crippen molar-refractivity contribution in [2.24, 2.45) is 13.0 Å². The first-order chi connectivity index (χ1) is 8.16. The Labute approximate surface area is 103 Å². The Balaban J connectivity index is 1.77. The fourth-order valence-electron chi connectivity index (χ4n) is 2.64. The molecular weight excluding hydrogens is 214 g/mol. The molecule has 0 aromatic carbocycles. The van der Waals surface area contributed by atoms with Gasteiger partial charge in [0.2, 0.25) is 0 Å². The van der Waals surface area contributed by atoms with Crippen LogP contribution < -0.4 is 5.32 Å². The summed E-state index contributed by atoms with van der Waals surface area (Å²) in [6, 6.07) is 2.10. The van der Waals surface area contributed by atoms with Gasteiger partial charge < -0.3 is 10.4 Å². The molecule has 2 unspecified atom stereocenters. The number of aryl methyl sites for hydroxylation is 2. The molecule has 0 aliphatic heterocycles. The van der Waals surface area contributed by atoms with E-state index in [1.165, 1.54) is 18.5 Å². The minimum absolute atomic E-state index is 0.107. The highest BCUT2D eigenvalue weighted by molar-refractivity contribution is 5.08. The molecule has 1 aliphatic carbocycles. The second-order valence-electron chi connectivity index (χ2n) is 5.14. The van der Waals surface area contributed by atoms with E-state index >= 15 is 0 Å². The third-order valence-corrected chi connectivity index (χ3v) is 3.68. The summed E-state index contributed by atoms with van der Waals surface area (Å²) in [5.74, 6) is 0.429. The average molecular weight is 237 g/mol. The van der Waals surface area contributed by atoms with Gasteiger partial charge in [0.1, 0.15) is 0 Å². The molecule has 1 heterocycles. The monoisotopic (exact) mass is 237 g/mol. The number of aliphatic hydroxyl groups is 1. The number of rotatable bonds is 4. The Hall–Kier alpha value is -0.870. The maximum absolute atomic E-state index is 9.87. The highest BCUT2D eigenvalue weighted by Gasteiger charge is 2.22. The van der Waals surface area contributed by atoms with E-state index in [0.717, 1.165) is 31.6 Å². The van der Waals surface area contributed by atoms with Crippen molar-refractivity contribution in [2.45, 2.75) is 45.3 Å². The van der Waals surface area contributed by atoms with Crippen molar-refractivity contribution < 1.29 is 5.11 Å². The van der Waals surface area contributed by atoms with Crippen molar-refractivity contribution in [3.05, 3.63) is 17.5 Å². The summed E-state index contributed by atoms with van der Waals surface area (Å²) in [4.78, 5) is 0. The van der Waals surface area contributed by atoms with Crippen LogP contribution in [0.5, 0.6) is 0 Å². The van der Waals surface area contributed by atoms with E-state index in [1.807, 2.05) is 18.7 Å². The van der Waals surface area contributed by atoms with E-state index in [2.05, 4.69) is 16.5 Å². The van der Waals surface area contributed by atoms with Gasteiger partial charge in [-0.25, -0.2) is 0 Å². The number of aromatic nitrogens is 2. The second kappa shape index (κ2) is 5.65. The zero-order valence-corrected chi connectivity index (χ0v) is 10.8. The van der Waals surface area contributed by atoms with E-state index in [1.54, 1.807) is 0 Å². The van der Waals surface area contributed by atoms with Crippen LogP contribution in [0.25, 0.3) is 0 Å². The van der Waals surface area contributed by atoms with Gasteiger partial charge in [0.05, 0.1) is 17.5 Å². The van der Waals surface area contributed by atoms with E-state index < -0.39 is 0 Å². The SMILES string of the molecule is Cc1cc(CNCC2CCCCC2O)n(C)n1. The van der Waals surface area contributed by atoms with Crippen LogP contribution >= 0.6 is 0 Å². The van der Waals surface area contributed by atoms with Crippen molar-refractivity contribution >= 4 is 0 Å². The lowest BCUT2D eigenvalue weighted by Gasteiger charge is -2.27. The molecule has 1 fully saturated rings. The zero-order valence-electron chi connectivity index (χ0n) is 10.8. The molecule has 0 bridgehead atoms. The highest BCUT2D eigenvalue weighted by atomic mass is 16.3. The summed E-state index contributed by atoms with van der Waals surface area (Å²) >= 11 is 0. The molecule has 17 heavy (non-hydrogen) atoms. The molecule has 0 radical (unpaired) electrons. The van der Waals surface area contributed by atoms with Crippen molar-refractivity contribution in [2.75, 3.05) is 6.54 Å². The normalized spacial score (nSPS) is 25.1. The fourth-order valence-corrected chi connectivity index (χ4v) is 2.64. The van der Waals surface area contributed by atoms with Gasteiger partial charge in [0.15, 0.2) is 0 Å². The first kappa shape index (κ1) is 12.6. The van der Waals surface area contributed by atoms with Gasteiger partial charge >= 0.3 is 0 Å². The number of nitrogens with zero attached hydrogens (tertiary/aromatic N) is 2. The molecule has 1 aliphatic rings. The third kappa shape index (κ3) is 3.30. The van der Waals surface area contributed by atoms with Crippen LogP contribution in [0.1, 0.15) is 37.1 Å². The molecule has 2 atom stereocenters. The van der Waals surface area contributed by atoms with E-state index in [0.29, 0.717) is 5.92 Å². The van der Waals surface area contributed by atoms with Crippen LogP contribution in [0, 0.1) is 12.8 Å². The van der Waals surface area contributed by atoms with Crippen LogP contribution in [0.15, 0.2) is 6.07 Å². The molecule has 2 N–H and O–H groups in total. The number of aliphatic hydroxyl groups excluding tert-OH is 1. The topological polar surface area (TPSA) is 50.1 Å². The lowest BCUT2D eigenvalue weighted by molar-refractivity contribution is 0.0694. The molecule has 4 nitrogen and oxygen atoms in total. The highest BCUT2D eigenvalue weighted by Crippen LogP contribution is 2.23. The molecule has 4 heteroatoms. The summed E-state index contributed by atoms with van der Waals surface area (Å²) in [7, 11) is 1.97. The van der Waals surface area contributed by atoms with Crippen LogP contribution in [-0.4, -0.2) is 27.5 Å².